The van der Waals surface area contributed by atoms with Crippen LogP contribution in [0.25, 0.3) is 0 Å². The number of aryl methyl sites for hydroxylation is 2. The highest BCUT2D eigenvalue weighted by Gasteiger charge is 2.29. The second-order valence-corrected chi connectivity index (χ2v) is 25.8. The molecule has 2 heterocycles. The van der Waals surface area contributed by atoms with Crippen molar-refractivity contribution in [1.82, 2.24) is 9.80 Å². The fourth-order valence-electron chi connectivity index (χ4n) is 11.7. The normalized spacial score (nSPS) is 16.3. The molecule has 11 heteroatoms. The highest BCUT2D eigenvalue weighted by atomic mass is 16.5. The lowest BCUT2D eigenvalue weighted by Crippen LogP contribution is -2.38. The zero-order valence-electron chi connectivity index (χ0n) is 53.2. The Morgan fingerprint density at radius 3 is 0.867 bits per heavy atom. The average molecular weight is 1140 g/mol. The SMILES string of the molecule is CCCCCOc1c2cc3cc1Cc1cc(C(C)(C)C)cc(c1OCCCCC)Cc1cc(C(C)(C)C)cc(c1OCCCCC)Cc1cc(cc(c1OCCCCC)C2)CCC(=O)N1CCOCCOCCN(CCOCC1)C(=O)CC3. The van der Waals surface area contributed by atoms with Crippen LogP contribution in [0.1, 0.15) is 226 Å². The van der Waals surface area contributed by atoms with Gasteiger partial charge in [-0.3, -0.25) is 9.59 Å². The molecular weight excluding hydrogens is 1040 g/mol. The molecule has 1 aliphatic carbocycles. The molecule has 0 aromatic heterocycles. The van der Waals surface area contributed by atoms with Gasteiger partial charge >= 0.3 is 0 Å². The number of hydrogen-bond acceptors (Lipinski definition) is 9. The van der Waals surface area contributed by atoms with Crippen molar-refractivity contribution in [2.75, 3.05) is 92.2 Å². The molecule has 4 aromatic carbocycles. The maximum absolute atomic E-state index is 14.6. The molecule has 1 saturated heterocycles. The molecule has 11 nitrogen and oxygen atoms in total. The molecule has 1 fully saturated rings. The van der Waals surface area contributed by atoms with Gasteiger partial charge in [-0.25, -0.2) is 0 Å². The smallest absolute Gasteiger partial charge is 0.223 e. The van der Waals surface area contributed by atoms with Crippen molar-refractivity contribution in [3.63, 3.8) is 0 Å². The van der Waals surface area contributed by atoms with Crippen LogP contribution in [0.15, 0.2) is 48.5 Å². The Morgan fingerprint density at radius 1 is 0.361 bits per heavy atom. The standard InChI is InChI=1S/C72H106N2O9/c1-11-15-19-31-80-67-55-41-53-23-25-65(75)73-27-35-77-36-28-74(30-38-79-40-39-78-37-29-73)66(76)26-24-54-42-56(45-55)68(81-32-20-16-12-2)58(44-54)47-60-50-64(72(8,9)10)52-62(70(60)83-34-22-18-14-4)48-61-51-63(71(5,6)7)49-59(46-57(67)43-53)69(61)82-33-21-17-13-3/h41-44,49-52H,11-40,45-48H2,1-10H3. The van der Waals surface area contributed by atoms with E-state index in [0.717, 1.165) is 156 Å². The van der Waals surface area contributed by atoms with Crippen LogP contribution in [-0.2, 0) is 73.2 Å². The van der Waals surface area contributed by atoms with Crippen LogP contribution >= 0.6 is 0 Å². The van der Waals surface area contributed by atoms with Gasteiger partial charge in [0.25, 0.3) is 0 Å². The fraction of sp³-hybridized carbons (Fsp3) is 0.639. The van der Waals surface area contributed by atoms with Gasteiger partial charge in [-0.05, 0) is 116 Å². The summed E-state index contributed by atoms with van der Waals surface area (Å²) >= 11 is 0. The van der Waals surface area contributed by atoms with Crippen LogP contribution < -0.4 is 18.9 Å². The summed E-state index contributed by atoms with van der Waals surface area (Å²) in [5.74, 6) is 3.79. The highest BCUT2D eigenvalue weighted by Crippen LogP contribution is 2.43. The van der Waals surface area contributed by atoms with Crippen molar-refractivity contribution < 1.29 is 42.7 Å². The number of hydrogen-bond donors (Lipinski definition) is 0. The van der Waals surface area contributed by atoms with Gasteiger partial charge in [-0.15, -0.1) is 0 Å². The maximum atomic E-state index is 14.6. The quantitative estimate of drug-likeness (QED) is 0.0556. The number of rotatable bonds is 20. The number of nitrogens with zero attached hydrogens (tertiary/aromatic N) is 2. The van der Waals surface area contributed by atoms with E-state index in [4.69, 9.17) is 33.2 Å². The molecule has 7 rings (SSSR count). The first-order valence-corrected chi connectivity index (χ1v) is 32.5. The van der Waals surface area contributed by atoms with Crippen LogP contribution in [0.3, 0.4) is 0 Å². The number of fused-ring (bicyclic) bond motifs is 14. The number of amides is 2. The Hall–Kier alpha value is -5.10. The van der Waals surface area contributed by atoms with Crippen LogP contribution in [0.5, 0.6) is 23.0 Å². The van der Waals surface area contributed by atoms with Gasteiger partial charge in [0, 0.05) is 64.7 Å². The first-order chi connectivity index (χ1) is 40.1. The minimum atomic E-state index is -0.169. The lowest BCUT2D eigenvalue weighted by molar-refractivity contribution is -0.132. The van der Waals surface area contributed by atoms with Crippen molar-refractivity contribution in [2.45, 2.75) is 208 Å². The third-order valence-corrected chi connectivity index (χ3v) is 16.7. The number of unbranched alkanes of at least 4 members (excludes halogenated alkanes) is 8. The van der Waals surface area contributed by atoms with E-state index in [1.807, 2.05) is 9.80 Å². The number of carbonyl (C=O) groups excluding carboxylic acids is 2. The summed E-state index contributed by atoms with van der Waals surface area (Å²) in [6, 6.07) is 18.9. The molecule has 0 N–H and O–H groups in total. The van der Waals surface area contributed by atoms with Crippen molar-refractivity contribution >= 4 is 11.8 Å². The third kappa shape index (κ3) is 19.7. The summed E-state index contributed by atoms with van der Waals surface area (Å²) < 4.78 is 47.2. The van der Waals surface area contributed by atoms with Gasteiger partial charge in [-0.1, -0.05) is 169 Å². The molecule has 83 heavy (non-hydrogen) atoms. The average Bonchev–Trinajstić information content (AvgIpc) is 2.96. The molecule has 4 aromatic rings. The molecule has 458 valence electrons. The van der Waals surface area contributed by atoms with E-state index < -0.39 is 0 Å². The molecule has 2 amide bonds. The Bertz CT molecular complexity index is 2500. The molecule has 0 radical (unpaired) electrons. The van der Waals surface area contributed by atoms with Crippen LogP contribution in [-0.4, -0.2) is 114 Å². The Kier molecular flexibility index (Phi) is 26.0. The van der Waals surface area contributed by atoms with Crippen LogP contribution in [0.4, 0.5) is 0 Å². The molecule has 0 atom stereocenters. The summed E-state index contributed by atoms with van der Waals surface area (Å²) in [5, 5.41) is 0. The number of benzene rings is 4. The summed E-state index contributed by atoms with van der Waals surface area (Å²) in [5.41, 5.74) is 13.2. The Morgan fingerprint density at radius 2 is 0.614 bits per heavy atom. The lowest BCUT2D eigenvalue weighted by Gasteiger charge is -2.28. The predicted octanol–water partition coefficient (Wildman–Crippen LogP) is 14.8. The number of carbonyl (C=O) groups is 2. The summed E-state index contributed by atoms with van der Waals surface area (Å²) in [7, 11) is 0. The zero-order valence-corrected chi connectivity index (χ0v) is 53.2. The minimum absolute atomic E-state index is 0.0540. The van der Waals surface area contributed by atoms with Crippen LogP contribution in [0, 0.1) is 0 Å². The van der Waals surface area contributed by atoms with Crippen molar-refractivity contribution in [3.8, 4) is 23.0 Å². The van der Waals surface area contributed by atoms with Crippen molar-refractivity contribution in [3.05, 3.63) is 115 Å². The van der Waals surface area contributed by atoms with Gasteiger partial charge in [0.15, 0.2) is 0 Å². The summed E-state index contributed by atoms with van der Waals surface area (Å²) in [4.78, 5) is 33.0. The molecule has 0 saturated carbocycles. The van der Waals surface area contributed by atoms with Crippen molar-refractivity contribution in [1.29, 1.82) is 0 Å². The Labute approximate surface area is 501 Å². The van der Waals surface area contributed by atoms with Gasteiger partial charge in [0.05, 0.1) is 66.1 Å². The largest absolute Gasteiger partial charge is 0.493 e. The molecule has 0 spiro atoms. The zero-order chi connectivity index (χ0) is 59.2. The van der Waals surface area contributed by atoms with Crippen LogP contribution in [0.2, 0.25) is 0 Å². The van der Waals surface area contributed by atoms with E-state index in [2.05, 4.69) is 118 Å². The molecule has 0 unspecified atom stereocenters. The summed E-state index contributed by atoms with van der Waals surface area (Å²) in [6.45, 7) is 29.4. The van der Waals surface area contributed by atoms with Gasteiger partial charge in [0.2, 0.25) is 11.8 Å². The third-order valence-electron chi connectivity index (χ3n) is 16.7. The van der Waals surface area contributed by atoms with Crippen molar-refractivity contribution in [2.24, 2.45) is 0 Å². The predicted molar refractivity (Wildman–Crippen MR) is 337 cm³/mol. The van der Waals surface area contributed by atoms with E-state index in [-0.39, 0.29) is 22.6 Å². The monoisotopic (exact) mass is 1140 g/mol. The van der Waals surface area contributed by atoms with E-state index in [1.165, 1.54) is 11.1 Å². The van der Waals surface area contributed by atoms with Gasteiger partial charge < -0.3 is 43.0 Å². The topological polar surface area (TPSA) is 105 Å². The molecule has 2 aliphatic heterocycles. The van der Waals surface area contributed by atoms with E-state index in [9.17, 15) is 9.59 Å². The van der Waals surface area contributed by atoms with Gasteiger partial charge in [0.1, 0.15) is 23.0 Å². The van der Waals surface area contributed by atoms with E-state index in [1.54, 1.807) is 0 Å². The second-order valence-electron chi connectivity index (χ2n) is 25.8. The van der Waals surface area contributed by atoms with E-state index >= 15 is 0 Å². The minimum Gasteiger partial charge on any atom is -0.493 e. The Balaban J connectivity index is 1.57. The maximum Gasteiger partial charge on any atom is 0.223 e. The molecule has 3 aliphatic rings. The van der Waals surface area contributed by atoms with E-state index in [0.29, 0.717) is 144 Å². The highest BCUT2D eigenvalue weighted by molar-refractivity contribution is 5.77. The first kappa shape index (κ1) is 65.4. The van der Waals surface area contributed by atoms with Gasteiger partial charge in [-0.2, -0.15) is 0 Å². The fourth-order valence-corrected chi connectivity index (χ4v) is 11.7. The first-order valence-electron chi connectivity index (χ1n) is 32.5. The second kappa shape index (κ2) is 33.0. The number of ether oxygens (including phenoxy) is 7. The lowest BCUT2D eigenvalue weighted by atomic mass is 9.80. The summed E-state index contributed by atoms with van der Waals surface area (Å²) in [6.07, 6.45) is 16.5. The molecule has 12 bridgehead atoms. The molecular formula is C72H106N2O9.